The minimum absolute atomic E-state index is 0.0176. The Morgan fingerprint density at radius 3 is 2.45 bits per heavy atom. The highest BCUT2D eigenvalue weighted by molar-refractivity contribution is 7.66. The molecule has 0 aromatic carbocycles. The fourth-order valence-corrected chi connectivity index (χ4v) is 5.70. The van der Waals surface area contributed by atoms with E-state index in [1.54, 1.807) is 0 Å². The van der Waals surface area contributed by atoms with Crippen molar-refractivity contribution in [2.24, 2.45) is 0 Å². The number of imidazole rings is 1. The quantitative estimate of drug-likeness (QED) is 0.211. The minimum atomic E-state index is -5.66. The molecule has 1 saturated heterocycles. The maximum atomic E-state index is 11.8. The van der Waals surface area contributed by atoms with E-state index in [9.17, 15) is 23.7 Å². The van der Waals surface area contributed by atoms with Crippen LogP contribution in [-0.2, 0) is 31.6 Å². The van der Waals surface area contributed by atoms with Crippen LogP contribution in [0.3, 0.4) is 0 Å². The number of phosphoric acid groups is 3. The zero-order chi connectivity index (χ0) is 23.2. The molecule has 31 heavy (non-hydrogen) atoms. The molecule has 1 aliphatic rings. The van der Waals surface area contributed by atoms with E-state index < -0.39 is 48.5 Å². The summed E-state index contributed by atoms with van der Waals surface area (Å²) >= 11 is 0. The monoisotopic (exact) mass is 506 g/mol. The van der Waals surface area contributed by atoms with Gasteiger partial charge in [-0.2, -0.15) is 18.6 Å². The molecule has 1 aliphatic heterocycles. The number of hydrogen-bond acceptors (Lipinski definition) is 13. The smallest absolute Gasteiger partial charge is 0.390 e. The Morgan fingerprint density at radius 1 is 1.13 bits per heavy atom. The van der Waals surface area contributed by atoms with E-state index in [0.717, 1.165) is 0 Å². The third-order valence-electron chi connectivity index (χ3n) is 3.80. The van der Waals surface area contributed by atoms with Crippen molar-refractivity contribution in [3.8, 4) is 0 Å². The van der Waals surface area contributed by atoms with Gasteiger partial charge in [0.15, 0.2) is 11.5 Å². The first-order chi connectivity index (χ1) is 14.2. The Morgan fingerprint density at radius 2 is 1.81 bits per heavy atom. The van der Waals surface area contributed by atoms with Gasteiger partial charge >= 0.3 is 23.5 Å². The predicted molar refractivity (Wildman–Crippen MR) is 98.5 cm³/mol. The maximum Gasteiger partial charge on any atom is 0.490 e. The third kappa shape index (κ3) is 6.04. The molecular formula is C10H17N6O12P3. The molecule has 18 nitrogen and oxygen atoms in total. The van der Waals surface area contributed by atoms with E-state index in [1.807, 2.05) is 0 Å². The molecule has 0 radical (unpaired) electrons. The number of nitrogens with zero attached hydrogens (tertiary/aromatic N) is 4. The summed E-state index contributed by atoms with van der Waals surface area (Å²) in [5.74, 6) is -0.112. The number of nitrogens with two attached hydrogens (primary N) is 2. The van der Waals surface area contributed by atoms with Gasteiger partial charge in [0, 0.05) is 6.42 Å². The Bertz CT molecular complexity index is 1120. The topological polar surface area (TPSA) is 285 Å². The lowest BCUT2D eigenvalue weighted by molar-refractivity contribution is -0.0423. The Hall–Kier alpha value is -1.52. The molecule has 0 aliphatic carbocycles. The first-order valence-corrected chi connectivity index (χ1v) is 12.6. The molecular weight excluding hydrogens is 489 g/mol. The van der Waals surface area contributed by atoms with Crippen LogP contribution >= 0.6 is 23.5 Å². The zero-order valence-electron chi connectivity index (χ0n) is 15.1. The molecule has 2 aromatic rings. The number of aliphatic hydroxyl groups is 1. The molecule has 0 amide bonds. The summed E-state index contributed by atoms with van der Waals surface area (Å²) in [5, 5.41) is 10.2. The van der Waals surface area contributed by atoms with Crippen LogP contribution in [0.25, 0.3) is 11.2 Å². The molecule has 0 spiro atoms. The van der Waals surface area contributed by atoms with Crippen LogP contribution in [0, 0.1) is 0 Å². The summed E-state index contributed by atoms with van der Waals surface area (Å²) in [6.45, 7) is -0.812. The molecule has 2 aromatic heterocycles. The van der Waals surface area contributed by atoms with Crippen molar-refractivity contribution >= 4 is 46.4 Å². The van der Waals surface area contributed by atoms with Gasteiger partial charge in [-0.15, -0.1) is 0 Å². The second-order valence-corrected chi connectivity index (χ2v) is 10.5. The van der Waals surface area contributed by atoms with Gasteiger partial charge in [0.25, 0.3) is 0 Å². The van der Waals surface area contributed by atoms with Crippen molar-refractivity contribution in [1.82, 2.24) is 19.5 Å². The lowest BCUT2D eigenvalue weighted by Crippen LogP contribution is -2.26. The first-order valence-electron chi connectivity index (χ1n) is 8.03. The molecule has 0 saturated carbocycles. The highest BCUT2D eigenvalue weighted by Crippen LogP contribution is 2.66. The van der Waals surface area contributed by atoms with E-state index in [2.05, 4.69) is 28.1 Å². The van der Waals surface area contributed by atoms with Crippen LogP contribution in [-0.4, -0.2) is 63.0 Å². The van der Waals surface area contributed by atoms with Crippen molar-refractivity contribution in [2.75, 3.05) is 18.1 Å². The molecule has 2 unspecified atom stereocenters. The molecule has 1 fully saturated rings. The second-order valence-electron chi connectivity index (χ2n) is 6.11. The van der Waals surface area contributed by atoms with Gasteiger partial charge < -0.3 is 40.9 Å². The van der Waals surface area contributed by atoms with E-state index in [4.69, 9.17) is 30.9 Å². The largest absolute Gasteiger partial charge is 0.490 e. The summed E-state index contributed by atoms with van der Waals surface area (Å²) < 4.78 is 52.3. The van der Waals surface area contributed by atoms with Gasteiger partial charge in [-0.25, -0.2) is 18.7 Å². The van der Waals surface area contributed by atoms with Gasteiger partial charge in [0.2, 0.25) is 5.95 Å². The first kappa shape index (κ1) is 24.1. The van der Waals surface area contributed by atoms with E-state index in [-0.39, 0.29) is 29.4 Å². The molecule has 3 rings (SSSR count). The lowest BCUT2D eigenvalue weighted by atomic mass is 10.2. The molecule has 174 valence electrons. The standard InChI is InChI=1S/C10H17N6O12P3/c11-8-7-9(15-10(12)14-8)16(3-13-7)6-1-4(17)5(26-6)2-25-30(21,22)28-31(23,24)27-29(18,19)20/h3-6,17H,1-2H2,(H,21,22)(H,23,24)(H2,18,19,20)(H4,11,12,14,15)/t4-,5-,6-/m1/s1. The van der Waals surface area contributed by atoms with Crippen molar-refractivity contribution in [3.63, 3.8) is 0 Å². The van der Waals surface area contributed by atoms with Crippen molar-refractivity contribution in [3.05, 3.63) is 6.33 Å². The molecule has 5 atom stereocenters. The van der Waals surface area contributed by atoms with E-state index in [0.29, 0.717) is 0 Å². The number of hydrogen-bond donors (Lipinski definition) is 7. The highest BCUT2D eigenvalue weighted by Gasteiger charge is 2.43. The summed E-state index contributed by atoms with van der Waals surface area (Å²) in [7, 11) is -16.5. The van der Waals surface area contributed by atoms with Crippen molar-refractivity contribution in [2.45, 2.75) is 24.9 Å². The number of rotatable bonds is 8. The minimum Gasteiger partial charge on any atom is -0.390 e. The van der Waals surface area contributed by atoms with Crippen LogP contribution in [0.15, 0.2) is 6.33 Å². The Kier molecular flexibility index (Phi) is 6.57. The van der Waals surface area contributed by atoms with Crippen LogP contribution in [0.4, 0.5) is 11.8 Å². The molecule has 0 bridgehead atoms. The third-order valence-corrected chi connectivity index (χ3v) is 7.60. The fourth-order valence-electron chi connectivity index (χ4n) is 2.67. The predicted octanol–water partition coefficient (Wildman–Crippen LogP) is -1.02. The average Bonchev–Trinajstić information content (AvgIpc) is 3.13. The summed E-state index contributed by atoms with van der Waals surface area (Å²) in [6.07, 6.45) is -2.06. The lowest BCUT2D eigenvalue weighted by Gasteiger charge is -2.19. The van der Waals surface area contributed by atoms with Crippen molar-refractivity contribution in [1.29, 1.82) is 0 Å². The maximum absolute atomic E-state index is 11.8. The SMILES string of the molecule is Nc1nc(N)c2ncn([C@H]3C[C@@H](O)[C@@H](COP(=O)(O)OP(=O)(O)OP(=O)(O)O)O3)c2n1. The normalized spacial score (nSPS) is 26.0. The summed E-state index contributed by atoms with van der Waals surface area (Å²) in [5.41, 5.74) is 11.7. The average molecular weight is 506 g/mol. The summed E-state index contributed by atoms with van der Waals surface area (Å²) in [4.78, 5) is 47.4. The van der Waals surface area contributed by atoms with Gasteiger partial charge in [-0.3, -0.25) is 9.09 Å². The molecule has 9 N–H and O–H groups in total. The van der Waals surface area contributed by atoms with Crippen LogP contribution < -0.4 is 11.5 Å². The number of ether oxygens (including phenoxy) is 1. The second kappa shape index (κ2) is 8.44. The number of nitrogen functional groups attached to an aromatic ring is 2. The van der Waals surface area contributed by atoms with Gasteiger partial charge in [-0.05, 0) is 0 Å². The van der Waals surface area contributed by atoms with Gasteiger partial charge in [0.05, 0.1) is 19.0 Å². The zero-order valence-corrected chi connectivity index (χ0v) is 17.8. The van der Waals surface area contributed by atoms with Crippen LogP contribution in [0.2, 0.25) is 0 Å². The number of aliphatic hydroxyl groups excluding tert-OH is 1. The molecule has 3 heterocycles. The number of phosphoric ester groups is 1. The van der Waals surface area contributed by atoms with Crippen LogP contribution in [0.1, 0.15) is 12.6 Å². The summed E-state index contributed by atoms with van der Waals surface area (Å²) in [6, 6.07) is 0. The highest BCUT2D eigenvalue weighted by atomic mass is 31.3. The number of anilines is 2. The van der Waals surface area contributed by atoms with Crippen LogP contribution in [0.5, 0.6) is 0 Å². The number of aromatic nitrogens is 4. The Balaban J connectivity index is 1.66. The Labute approximate surface area is 172 Å². The van der Waals surface area contributed by atoms with Gasteiger partial charge in [-0.1, -0.05) is 0 Å². The van der Waals surface area contributed by atoms with Gasteiger partial charge in [0.1, 0.15) is 17.8 Å². The number of fused-ring (bicyclic) bond motifs is 1. The molecule has 21 heteroatoms. The van der Waals surface area contributed by atoms with E-state index >= 15 is 0 Å². The fraction of sp³-hybridized carbons (Fsp3) is 0.500. The van der Waals surface area contributed by atoms with Crippen molar-refractivity contribution < 1.29 is 56.3 Å². The van der Waals surface area contributed by atoms with E-state index in [1.165, 1.54) is 10.9 Å².